The second kappa shape index (κ2) is 8.06. The Morgan fingerprint density at radius 2 is 1.77 bits per heavy atom. The van der Waals surface area contributed by atoms with Gasteiger partial charge in [0.1, 0.15) is 11.6 Å². The van der Waals surface area contributed by atoms with E-state index in [4.69, 9.17) is 0 Å². The maximum absolute atomic E-state index is 13.9. The Morgan fingerprint density at radius 1 is 1.08 bits per heavy atom. The quantitative estimate of drug-likeness (QED) is 0.667. The van der Waals surface area contributed by atoms with Crippen molar-refractivity contribution in [3.63, 3.8) is 0 Å². The smallest absolute Gasteiger partial charge is 0.123 e. The van der Waals surface area contributed by atoms with Crippen LogP contribution in [-0.4, -0.2) is 10.6 Å². The lowest BCUT2D eigenvalue weighted by molar-refractivity contribution is 0.424. The van der Waals surface area contributed by atoms with Gasteiger partial charge in [0, 0.05) is 22.8 Å². The highest BCUT2D eigenvalue weighted by Gasteiger charge is 2.29. The van der Waals surface area contributed by atoms with Crippen LogP contribution in [-0.2, 0) is 11.7 Å². The molecule has 2 rings (SSSR count). The van der Waals surface area contributed by atoms with Gasteiger partial charge in [-0.05, 0) is 63.2 Å². The summed E-state index contributed by atoms with van der Waals surface area (Å²) < 4.78 is 13.9. The topological polar surface area (TPSA) is 32.3 Å². The van der Waals surface area contributed by atoms with Gasteiger partial charge in [-0.15, -0.1) is 0 Å². The number of rotatable bonds is 6. The van der Waals surface area contributed by atoms with Crippen molar-refractivity contribution in [3.05, 3.63) is 58.9 Å². The number of hydrogen-bond donors (Lipinski definition) is 2. The molecule has 0 aliphatic heterocycles. The average Bonchev–Trinajstić information content (AvgIpc) is 2.56. The molecule has 0 aromatic heterocycles. The summed E-state index contributed by atoms with van der Waals surface area (Å²) in [6.07, 6.45) is 0.895. The standard InChI is InChI=1S/C22H31FNOP/c1-7-22(6,18-12-15(2)8-10-19(18)25)26-20-11-9-17(23)13-16(20)14-24-21(3,4)5/h8-13,24-26H,7,14H2,1-6H3. The molecule has 0 amide bonds. The van der Waals surface area contributed by atoms with Gasteiger partial charge < -0.3 is 10.4 Å². The molecule has 26 heavy (non-hydrogen) atoms. The lowest BCUT2D eigenvalue weighted by Crippen LogP contribution is -2.36. The lowest BCUT2D eigenvalue weighted by atomic mass is 9.95. The Labute approximate surface area is 159 Å². The summed E-state index contributed by atoms with van der Waals surface area (Å²) in [5.41, 5.74) is 3.06. The first kappa shape index (κ1) is 20.9. The Balaban J connectivity index is 2.39. The summed E-state index contributed by atoms with van der Waals surface area (Å²) in [6.45, 7) is 13.3. The molecule has 0 radical (unpaired) electrons. The molecule has 2 aromatic rings. The Hall–Kier alpha value is -1.44. The molecule has 0 aliphatic carbocycles. The molecule has 2 nitrogen and oxygen atoms in total. The van der Waals surface area contributed by atoms with Crippen molar-refractivity contribution < 1.29 is 9.50 Å². The summed E-state index contributed by atoms with van der Waals surface area (Å²) in [5, 5.41) is 14.9. The van der Waals surface area contributed by atoms with E-state index in [1.165, 1.54) is 6.07 Å². The van der Waals surface area contributed by atoms with E-state index in [0.29, 0.717) is 20.9 Å². The molecular weight excluding hydrogens is 344 g/mol. The molecule has 0 heterocycles. The summed E-state index contributed by atoms with van der Waals surface area (Å²) in [4.78, 5) is 0. The summed E-state index contributed by atoms with van der Waals surface area (Å²) in [7, 11) is 0.441. The number of aryl methyl sites for hydroxylation is 1. The monoisotopic (exact) mass is 375 g/mol. The fourth-order valence-corrected chi connectivity index (χ4v) is 4.52. The third-order valence-corrected chi connectivity index (χ3v) is 6.67. The zero-order valence-electron chi connectivity index (χ0n) is 16.7. The van der Waals surface area contributed by atoms with E-state index in [9.17, 15) is 9.50 Å². The summed E-state index contributed by atoms with van der Waals surface area (Å²) in [6, 6.07) is 10.8. The van der Waals surface area contributed by atoms with Gasteiger partial charge in [-0.25, -0.2) is 4.39 Å². The Kier molecular flexibility index (Phi) is 6.47. The number of halogens is 1. The molecule has 2 atom stereocenters. The Morgan fingerprint density at radius 3 is 2.38 bits per heavy atom. The van der Waals surface area contributed by atoms with Crippen LogP contribution in [0.3, 0.4) is 0 Å². The van der Waals surface area contributed by atoms with E-state index in [1.807, 2.05) is 19.1 Å². The van der Waals surface area contributed by atoms with Crippen molar-refractivity contribution >= 4 is 13.9 Å². The molecule has 2 N–H and O–H groups in total. The van der Waals surface area contributed by atoms with Crippen LogP contribution >= 0.6 is 8.58 Å². The van der Waals surface area contributed by atoms with Gasteiger partial charge in [0.05, 0.1) is 0 Å². The molecule has 0 aliphatic rings. The lowest BCUT2D eigenvalue weighted by Gasteiger charge is -2.31. The third-order valence-electron chi connectivity index (χ3n) is 4.74. The van der Waals surface area contributed by atoms with Crippen LogP contribution in [0, 0.1) is 12.7 Å². The number of benzene rings is 2. The van der Waals surface area contributed by atoms with Crippen molar-refractivity contribution in [2.24, 2.45) is 0 Å². The van der Waals surface area contributed by atoms with Crippen LogP contribution < -0.4 is 10.6 Å². The molecule has 0 saturated heterocycles. The minimum atomic E-state index is -0.208. The van der Waals surface area contributed by atoms with Crippen LogP contribution in [0.5, 0.6) is 5.75 Å². The van der Waals surface area contributed by atoms with Gasteiger partial charge >= 0.3 is 0 Å². The van der Waals surface area contributed by atoms with Crippen molar-refractivity contribution in [2.75, 3.05) is 0 Å². The zero-order chi connectivity index (χ0) is 19.5. The molecule has 0 fully saturated rings. The second-order valence-corrected chi connectivity index (χ2v) is 10.1. The van der Waals surface area contributed by atoms with Crippen LogP contribution in [0.15, 0.2) is 36.4 Å². The van der Waals surface area contributed by atoms with Crippen molar-refractivity contribution in [1.29, 1.82) is 0 Å². The van der Waals surface area contributed by atoms with E-state index in [-0.39, 0.29) is 16.5 Å². The minimum absolute atomic E-state index is 0.0322. The maximum Gasteiger partial charge on any atom is 0.123 e. The predicted octanol–water partition coefficient (Wildman–Crippen LogP) is 5.36. The maximum atomic E-state index is 13.9. The van der Waals surface area contributed by atoms with Gasteiger partial charge in [0.2, 0.25) is 0 Å². The number of aromatic hydroxyl groups is 1. The molecule has 0 saturated carbocycles. The van der Waals surface area contributed by atoms with Crippen LogP contribution in [0.4, 0.5) is 4.39 Å². The molecule has 0 bridgehead atoms. The highest BCUT2D eigenvalue weighted by atomic mass is 31.1. The first-order valence-corrected chi connectivity index (χ1v) is 10.2. The van der Waals surface area contributed by atoms with Crippen LogP contribution in [0.1, 0.15) is 57.7 Å². The predicted molar refractivity (Wildman–Crippen MR) is 111 cm³/mol. The van der Waals surface area contributed by atoms with Gasteiger partial charge in [-0.3, -0.25) is 0 Å². The fourth-order valence-electron chi connectivity index (χ4n) is 2.93. The van der Waals surface area contributed by atoms with E-state index < -0.39 is 0 Å². The number of phenols is 1. The molecule has 2 unspecified atom stereocenters. The van der Waals surface area contributed by atoms with Crippen LogP contribution in [0.2, 0.25) is 0 Å². The number of hydrogen-bond acceptors (Lipinski definition) is 2. The highest BCUT2D eigenvalue weighted by molar-refractivity contribution is 7.48. The summed E-state index contributed by atoms with van der Waals surface area (Å²) >= 11 is 0. The van der Waals surface area contributed by atoms with Crippen LogP contribution in [0.25, 0.3) is 0 Å². The van der Waals surface area contributed by atoms with Gasteiger partial charge in [0.15, 0.2) is 0 Å². The normalized spacial score (nSPS) is 14.7. The summed E-state index contributed by atoms with van der Waals surface area (Å²) in [5.74, 6) is 0.129. The van der Waals surface area contributed by atoms with E-state index in [2.05, 4.69) is 46.0 Å². The Bertz CT molecular complexity index is 769. The SMILES string of the molecule is CCC(C)(Pc1ccc(F)cc1CNC(C)(C)C)c1cc(C)ccc1O. The van der Waals surface area contributed by atoms with E-state index >= 15 is 0 Å². The van der Waals surface area contributed by atoms with E-state index in [0.717, 1.165) is 28.4 Å². The largest absolute Gasteiger partial charge is 0.508 e. The minimum Gasteiger partial charge on any atom is -0.508 e. The molecule has 2 aromatic carbocycles. The van der Waals surface area contributed by atoms with Crippen molar-refractivity contribution in [3.8, 4) is 5.75 Å². The zero-order valence-corrected chi connectivity index (χ0v) is 17.7. The first-order chi connectivity index (χ1) is 12.0. The fraction of sp³-hybridized carbons (Fsp3) is 0.455. The molecule has 142 valence electrons. The van der Waals surface area contributed by atoms with Crippen molar-refractivity contribution in [2.45, 2.75) is 65.2 Å². The first-order valence-electron chi connectivity index (χ1n) is 9.16. The van der Waals surface area contributed by atoms with Gasteiger partial charge in [0.25, 0.3) is 0 Å². The average molecular weight is 375 g/mol. The number of nitrogens with one attached hydrogen (secondary N) is 1. The third kappa shape index (κ3) is 5.28. The van der Waals surface area contributed by atoms with Crippen molar-refractivity contribution in [1.82, 2.24) is 5.32 Å². The highest BCUT2D eigenvalue weighted by Crippen LogP contribution is 2.47. The molecular formula is C22H31FNOP. The van der Waals surface area contributed by atoms with Gasteiger partial charge in [-0.2, -0.15) is 0 Å². The van der Waals surface area contributed by atoms with E-state index in [1.54, 1.807) is 12.1 Å². The van der Waals surface area contributed by atoms with Gasteiger partial charge in [-0.1, -0.05) is 46.2 Å². The molecule has 0 spiro atoms. The second-order valence-electron chi connectivity index (χ2n) is 8.24. The number of phenolic OH excluding ortho intramolecular Hbond substituents is 1. The molecule has 4 heteroatoms.